The predicted octanol–water partition coefficient (Wildman–Crippen LogP) is 5.35. The van der Waals surface area contributed by atoms with E-state index < -0.39 is 9.84 Å². The molecule has 1 aromatic rings. The van der Waals surface area contributed by atoms with Gasteiger partial charge in [-0.2, -0.15) is 0 Å². The second-order valence-electron chi connectivity index (χ2n) is 11.4. The van der Waals surface area contributed by atoms with Crippen molar-refractivity contribution in [3.63, 3.8) is 0 Å². The van der Waals surface area contributed by atoms with Gasteiger partial charge in [0.1, 0.15) is 5.75 Å². The highest BCUT2D eigenvalue weighted by molar-refractivity contribution is 7.91. The number of allylic oxidation sites excluding steroid dienone is 2. The van der Waals surface area contributed by atoms with E-state index in [1.54, 1.807) is 23.1 Å². The third kappa shape index (κ3) is 9.47. The van der Waals surface area contributed by atoms with Gasteiger partial charge in [0.25, 0.3) is 0 Å². The number of aliphatic hydroxyl groups excluding tert-OH is 1. The Kier molecular flexibility index (Phi) is 12.1. The van der Waals surface area contributed by atoms with Crippen LogP contribution in [0.1, 0.15) is 82.8 Å². The van der Waals surface area contributed by atoms with Crippen molar-refractivity contribution in [2.45, 2.75) is 77.2 Å². The largest absolute Gasteiger partial charge is 0.508 e. The average molecular weight is 562 g/mol. The molecule has 8 heteroatoms. The van der Waals surface area contributed by atoms with Crippen LogP contribution >= 0.6 is 0 Å². The van der Waals surface area contributed by atoms with E-state index in [-0.39, 0.29) is 47.2 Å². The van der Waals surface area contributed by atoms with Gasteiger partial charge in [-0.1, -0.05) is 55.7 Å². The fourth-order valence-corrected chi connectivity index (χ4v) is 6.83. The van der Waals surface area contributed by atoms with Crippen LogP contribution in [0.2, 0.25) is 0 Å². The van der Waals surface area contributed by atoms with Crippen molar-refractivity contribution in [2.24, 2.45) is 11.3 Å². The van der Waals surface area contributed by atoms with Gasteiger partial charge in [0.2, 0.25) is 5.91 Å². The van der Waals surface area contributed by atoms with Gasteiger partial charge in [-0.25, -0.2) is 8.42 Å². The fraction of sp³-hybridized carbons (Fsp3) is 0.645. The van der Waals surface area contributed by atoms with E-state index in [0.29, 0.717) is 19.4 Å². The van der Waals surface area contributed by atoms with Crippen LogP contribution in [0, 0.1) is 11.3 Å². The molecule has 2 bridgehead atoms. The maximum Gasteiger partial charge on any atom is 0.222 e. The van der Waals surface area contributed by atoms with E-state index in [1.165, 1.54) is 5.57 Å². The number of phenolic OH excluding ortho intramolecular Hbond substituents is 1. The molecule has 0 radical (unpaired) electrons. The number of nitrogens with zero attached hydrogens (tertiary/aromatic N) is 1. The van der Waals surface area contributed by atoms with Gasteiger partial charge in [-0.3, -0.25) is 4.79 Å². The minimum Gasteiger partial charge on any atom is -0.508 e. The molecule has 1 aliphatic carbocycles. The van der Waals surface area contributed by atoms with Crippen LogP contribution in [0.25, 0.3) is 0 Å². The minimum absolute atomic E-state index is 0.0427. The maximum atomic E-state index is 12.5. The topological polar surface area (TPSA) is 104 Å². The number of unbranched alkanes of at least 4 members (excludes halogenated alkanes) is 3. The third-order valence-electron chi connectivity index (χ3n) is 8.15. The molecule has 3 unspecified atom stereocenters. The quantitative estimate of drug-likeness (QED) is 0.208. The molecule has 7 nitrogen and oxygen atoms in total. The van der Waals surface area contributed by atoms with Gasteiger partial charge in [0.15, 0.2) is 9.84 Å². The van der Waals surface area contributed by atoms with Crippen LogP contribution in [0.4, 0.5) is 0 Å². The molecule has 2 N–H and O–H groups in total. The first-order chi connectivity index (χ1) is 18.7. The number of hydrogen-bond acceptors (Lipinski definition) is 6. The number of phenols is 1. The summed E-state index contributed by atoms with van der Waals surface area (Å²) in [6.07, 6.45) is 13.7. The number of ether oxygens (including phenoxy) is 1. The van der Waals surface area contributed by atoms with E-state index >= 15 is 0 Å². The van der Waals surface area contributed by atoms with Crippen molar-refractivity contribution < 1.29 is 28.2 Å². The number of fused-ring (bicyclic) bond motifs is 2. The fourth-order valence-electron chi connectivity index (χ4n) is 5.59. The number of hydrogen-bond donors (Lipinski definition) is 2. The van der Waals surface area contributed by atoms with Gasteiger partial charge in [0, 0.05) is 31.3 Å². The predicted molar refractivity (Wildman–Crippen MR) is 155 cm³/mol. The molecule has 1 amide bonds. The molecular weight excluding hydrogens is 514 g/mol. The monoisotopic (exact) mass is 561 g/mol. The standard InChI is InChI=1S/C31H47NO6S/c1-3-4-19-32(2)29(35)12-8-6-10-21-39(36,37)20-9-5-7-11-25-17-18-31(23-33)22-28(25)30(38-24-31)26-13-15-27(34)16-14-26/h5,9,13-17,28,30,33-34H,3-4,6-8,10-12,18-24H2,1-2H3/b9-5+. The summed E-state index contributed by atoms with van der Waals surface area (Å²) in [6, 6.07) is 7.14. The van der Waals surface area contributed by atoms with Crippen molar-refractivity contribution in [2.75, 3.05) is 38.3 Å². The van der Waals surface area contributed by atoms with E-state index in [4.69, 9.17) is 4.74 Å². The van der Waals surface area contributed by atoms with E-state index in [1.807, 2.05) is 25.3 Å². The number of aromatic hydroxyl groups is 1. The van der Waals surface area contributed by atoms with Crippen LogP contribution in [-0.2, 0) is 19.4 Å². The number of benzene rings is 1. The summed E-state index contributed by atoms with van der Waals surface area (Å²) in [7, 11) is -1.32. The zero-order valence-corrected chi connectivity index (χ0v) is 24.5. The third-order valence-corrected chi connectivity index (χ3v) is 9.76. The Morgan fingerprint density at radius 3 is 2.64 bits per heavy atom. The summed E-state index contributed by atoms with van der Waals surface area (Å²) >= 11 is 0. The second kappa shape index (κ2) is 15.0. The van der Waals surface area contributed by atoms with Gasteiger partial charge in [0.05, 0.1) is 30.8 Å². The lowest BCUT2D eigenvalue weighted by atomic mass is 9.65. The van der Waals surface area contributed by atoms with Crippen LogP contribution in [0.15, 0.2) is 48.1 Å². The maximum absolute atomic E-state index is 12.5. The molecule has 1 fully saturated rings. The SMILES string of the molecule is CCCCN(C)C(=O)CCCCCS(=O)(=O)C/C=C/CCC1=CCC2(CO)COC(c3ccc(O)cc3)C1C2. The zero-order valence-electron chi connectivity index (χ0n) is 23.7. The average Bonchev–Trinajstić information content (AvgIpc) is 2.93. The summed E-state index contributed by atoms with van der Waals surface area (Å²) in [5, 5.41) is 19.7. The lowest BCUT2D eigenvalue weighted by Crippen LogP contribution is -2.43. The molecule has 0 spiro atoms. The van der Waals surface area contributed by atoms with E-state index in [2.05, 4.69) is 13.0 Å². The highest BCUT2D eigenvalue weighted by Gasteiger charge is 2.45. The van der Waals surface area contributed by atoms with Crippen LogP contribution < -0.4 is 0 Å². The molecule has 1 aliphatic heterocycles. The summed E-state index contributed by atoms with van der Waals surface area (Å²) in [5.74, 6) is 0.707. The summed E-state index contributed by atoms with van der Waals surface area (Å²) in [4.78, 5) is 13.9. The molecule has 0 saturated carbocycles. The molecule has 1 saturated heterocycles. The first-order valence-electron chi connectivity index (χ1n) is 14.5. The van der Waals surface area contributed by atoms with Crippen molar-refractivity contribution in [1.29, 1.82) is 0 Å². The first-order valence-corrected chi connectivity index (χ1v) is 16.3. The number of aliphatic hydroxyl groups is 1. The Labute approximate surface area is 234 Å². The van der Waals surface area contributed by atoms with Crippen LogP contribution in [0.5, 0.6) is 5.75 Å². The summed E-state index contributed by atoms with van der Waals surface area (Å²) in [5.41, 5.74) is 2.08. The Morgan fingerprint density at radius 2 is 1.92 bits per heavy atom. The van der Waals surface area contributed by atoms with E-state index in [0.717, 1.165) is 63.5 Å². The zero-order chi connectivity index (χ0) is 28.3. The normalized spacial score (nSPS) is 23.1. The highest BCUT2D eigenvalue weighted by atomic mass is 32.2. The Balaban J connectivity index is 1.42. The second-order valence-corrected chi connectivity index (χ2v) is 13.6. The van der Waals surface area contributed by atoms with Crippen molar-refractivity contribution in [1.82, 2.24) is 4.90 Å². The molecule has 1 heterocycles. The number of carbonyl (C=O) groups is 1. The molecule has 39 heavy (non-hydrogen) atoms. The lowest BCUT2D eigenvalue weighted by Gasteiger charge is -2.47. The van der Waals surface area contributed by atoms with Gasteiger partial charge < -0.3 is 19.8 Å². The molecule has 218 valence electrons. The highest BCUT2D eigenvalue weighted by Crippen LogP contribution is 2.51. The van der Waals surface area contributed by atoms with Crippen molar-refractivity contribution >= 4 is 15.7 Å². The summed E-state index contributed by atoms with van der Waals surface area (Å²) in [6.45, 7) is 3.49. The van der Waals surface area contributed by atoms with Crippen LogP contribution in [-0.4, -0.2) is 67.7 Å². The van der Waals surface area contributed by atoms with Crippen molar-refractivity contribution in [3.8, 4) is 5.75 Å². The summed E-state index contributed by atoms with van der Waals surface area (Å²) < 4.78 is 31.2. The smallest absolute Gasteiger partial charge is 0.222 e. The minimum atomic E-state index is -3.15. The first kappa shape index (κ1) is 31.4. The van der Waals surface area contributed by atoms with E-state index in [9.17, 15) is 23.4 Å². The molecule has 3 atom stereocenters. The number of sulfone groups is 1. The van der Waals surface area contributed by atoms with Gasteiger partial charge in [-0.05, 0) is 62.6 Å². The Morgan fingerprint density at radius 1 is 1.15 bits per heavy atom. The number of amides is 1. The Bertz CT molecular complexity index is 1080. The molecule has 1 aromatic carbocycles. The number of rotatable bonds is 16. The molecule has 3 rings (SSSR count). The molecule has 0 aromatic heterocycles. The van der Waals surface area contributed by atoms with Gasteiger partial charge in [-0.15, -0.1) is 0 Å². The van der Waals surface area contributed by atoms with Crippen molar-refractivity contribution in [3.05, 3.63) is 53.6 Å². The van der Waals surface area contributed by atoms with Gasteiger partial charge >= 0.3 is 0 Å². The molecular formula is C31H47NO6S. The number of carbonyl (C=O) groups excluding carboxylic acids is 1. The Hall–Kier alpha value is -2.16. The lowest BCUT2D eigenvalue weighted by molar-refractivity contribution is -0.130. The van der Waals surface area contributed by atoms with Crippen LogP contribution in [0.3, 0.4) is 0 Å². The molecule has 2 aliphatic rings.